The van der Waals surface area contributed by atoms with Gasteiger partial charge in [0.05, 0.1) is 11.3 Å². The van der Waals surface area contributed by atoms with Crippen LogP contribution in [0.3, 0.4) is 0 Å². The summed E-state index contributed by atoms with van der Waals surface area (Å²) in [7, 11) is 0. The zero-order chi connectivity index (χ0) is 12.4. The number of nitro benzene ring substituents is 1. The van der Waals surface area contributed by atoms with E-state index >= 15 is 0 Å². The van der Waals surface area contributed by atoms with E-state index in [-0.39, 0.29) is 18.0 Å². The van der Waals surface area contributed by atoms with Gasteiger partial charge in [0.25, 0.3) is 5.69 Å². The Morgan fingerprint density at radius 2 is 2.24 bits per heavy atom. The summed E-state index contributed by atoms with van der Waals surface area (Å²) < 4.78 is 0. The number of hydrogen-bond donors (Lipinski definition) is 1. The van der Waals surface area contributed by atoms with Gasteiger partial charge in [-0.15, -0.1) is 0 Å². The standard InChI is InChI=1S/C12H13NO4/c14-12(15)7-11(8-4-5-8)9-2-1-3-10(6-9)13(16)17/h1-3,6,8,11H,4-5,7H2,(H,14,15). The Kier molecular flexibility index (Phi) is 3.08. The Morgan fingerprint density at radius 3 is 2.76 bits per heavy atom. The van der Waals surface area contributed by atoms with Gasteiger partial charge in [0, 0.05) is 12.1 Å². The van der Waals surface area contributed by atoms with Gasteiger partial charge in [-0.05, 0) is 30.2 Å². The normalized spacial score (nSPS) is 16.5. The average molecular weight is 235 g/mol. The largest absolute Gasteiger partial charge is 0.481 e. The molecule has 0 saturated heterocycles. The number of nitrogens with zero attached hydrogens (tertiary/aromatic N) is 1. The lowest BCUT2D eigenvalue weighted by molar-refractivity contribution is -0.384. The van der Waals surface area contributed by atoms with Crippen LogP contribution in [0.25, 0.3) is 0 Å². The van der Waals surface area contributed by atoms with Gasteiger partial charge in [-0.1, -0.05) is 12.1 Å². The van der Waals surface area contributed by atoms with E-state index in [0.717, 1.165) is 18.4 Å². The molecule has 1 N–H and O–H groups in total. The van der Waals surface area contributed by atoms with Gasteiger partial charge in [0.15, 0.2) is 0 Å². The number of rotatable bonds is 5. The van der Waals surface area contributed by atoms with Crippen LogP contribution in [0.5, 0.6) is 0 Å². The number of carboxylic acids is 1. The van der Waals surface area contributed by atoms with Crippen molar-refractivity contribution < 1.29 is 14.8 Å². The van der Waals surface area contributed by atoms with Gasteiger partial charge in [-0.25, -0.2) is 0 Å². The molecule has 1 saturated carbocycles. The number of nitro groups is 1. The molecule has 1 aromatic rings. The molecule has 0 bridgehead atoms. The Balaban J connectivity index is 2.25. The predicted molar refractivity (Wildman–Crippen MR) is 60.8 cm³/mol. The summed E-state index contributed by atoms with van der Waals surface area (Å²) in [5.41, 5.74) is 0.794. The highest BCUT2D eigenvalue weighted by Gasteiger charge is 2.34. The van der Waals surface area contributed by atoms with Crippen LogP contribution in [0.1, 0.15) is 30.7 Å². The van der Waals surface area contributed by atoms with Crippen LogP contribution in [0.4, 0.5) is 5.69 Å². The number of hydrogen-bond acceptors (Lipinski definition) is 3. The van der Waals surface area contributed by atoms with Crippen LogP contribution in [-0.4, -0.2) is 16.0 Å². The van der Waals surface area contributed by atoms with E-state index in [0.29, 0.717) is 5.92 Å². The second-order valence-electron chi connectivity index (χ2n) is 4.39. The van der Waals surface area contributed by atoms with Crippen LogP contribution >= 0.6 is 0 Å². The smallest absolute Gasteiger partial charge is 0.303 e. The topological polar surface area (TPSA) is 80.4 Å². The SMILES string of the molecule is O=C(O)CC(c1cccc([N+](=O)[O-])c1)C1CC1. The van der Waals surface area contributed by atoms with Gasteiger partial charge in [0.1, 0.15) is 0 Å². The van der Waals surface area contributed by atoms with Crippen LogP contribution < -0.4 is 0 Å². The lowest BCUT2D eigenvalue weighted by Crippen LogP contribution is -2.08. The minimum atomic E-state index is -0.853. The van der Waals surface area contributed by atoms with Crippen molar-refractivity contribution in [3.8, 4) is 0 Å². The van der Waals surface area contributed by atoms with Crippen molar-refractivity contribution in [2.24, 2.45) is 5.92 Å². The third-order valence-electron chi connectivity index (χ3n) is 3.09. The second-order valence-corrected chi connectivity index (χ2v) is 4.39. The molecule has 1 fully saturated rings. The average Bonchev–Trinajstić information content (AvgIpc) is 3.09. The highest BCUT2D eigenvalue weighted by atomic mass is 16.6. The van der Waals surface area contributed by atoms with Crippen molar-refractivity contribution in [1.82, 2.24) is 0 Å². The highest BCUT2D eigenvalue weighted by molar-refractivity contribution is 5.68. The first kappa shape index (κ1) is 11.6. The first-order valence-electron chi connectivity index (χ1n) is 5.54. The van der Waals surface area contributed by atoms with E-state index in [2.05, 4.69) is 0 Å². The van der Waals surface area contributed by atoms with Crippen molar-refractivity contribution in [3.05, 3.63) is 39.9 Å². The van der Waals surface area contributed by atoms with Gasteiger partial charge < -0.3 is 5.11 Å². The number of aliphatic carboxylic acids is 1. The molecule has 0 aliphatic heterocycles. The van der Waals surface area contributed by atoms with E-state index in [4.69, 9.17) is 5.11 Å². The van der Waals surface area contributed by atoms with E-state index in [1.807, 2.05) is 0 Å². The maximum absolute atomic E-state index is 10.8. The highest BCUT2D eigenvalue weighted by Crippen LogP contribution is 2.44. The predicted octanol–water partition coefficient (Wildman–Crippen LogP) is 2.56. The van der Waals surface area contributed by atoms with Crippen molar-refractivity contribution in [3.63, 3.8) is 0 Å². The molecular weight excluding hydrogens is 222 g/mol. The molecule has 1 aromatic carbocycles. The number of carbonyl (C=O) groups is 1. The zero-order valence-corrected chi connectivity index (χ0v) is 9.20. The molecule has 1 aliphatic rings. The molecule has 0 heterocycles. The Hall–Kier alpha value is -1.91. The molecule has 0 radical (unpaired) electrons. The second kappa shape index (κ2) is 4.53. The fourth-order valence-electron chi connectivity index (χ4n) is 2.11. The minimum Gasteiger partial charge on any atom is -0.481 e. The third-order valence-corrected chi connectivity index (χ3v) is 3.09. The number of benzene rings is 1. The molecule has 1 aliphatic carbocycles. The number of carboxylic acid groups (broad SMARTS) is 1. The molecule has 1 atom stereocenters. The van der Waals surface area contributed by atoms with Gasteiger partial charge >= 0.3 is 5.97 Å². The molecule has 0 spiro atoms. The van der Waals surface area contributed by atoms with E-state index in [1.165, 1.54) is 12.1 Å². The van der Waals surface area contributed by atoms with Gasteiger partial charge in [0.2, 0.25) is 0 Å². The molecule has 2 rings (SSSR count). The molecule has 90 valence electrons. The lowest BCUT2D eigenvalue weighted by Gasteiger charge is -2.13. The maximum Gasteiger partial charge on any atom is 0.303 e. The third kappa shape index (κ3) is 2.81. The first-order valence-corrected chi connectivity index (χ1v) is 5.54. The Morgan fingerprint density at radius 1 is 1.53 bits per heavy atom. The number of non-ortho nitro benzene ring substituents is 1. The minimum absolute atomic E-state index is 0.0264. The summed E-state index contributed by atoms with van der Waals surface area (Å²) in [6.07, 6.45) is 2.08. The fourth-order valence-corrected chi connectivity index (χ4v) is 2.11. The summed E-state index contributed by atoms with van der Waals surface area (Å²) >= 11 is 0. The molecule has 0 aromatic heterocycles. The maximum atomic E-state index is 10.8. The summed E-state index contributed by atoms with van der Waals surface area (Å²) in [5.74, 6) is -0.575. The van der Waals surface area contributed by atoms with Crippen LogP contribution in [0.2, 0.25) is 0 Å². The molecule has 17 heavy (non-hydrogen) atoms. The molecule has 5 heteroatoms. The zero-order valence-electron chi connectivity index (χ0n) is 9.20. The molecule has 5 nitrogen and oxygen atoms in total. The molecule has 0 amide bonds. The van der Waals surface area contributed by atoms with Crippen LogP contribution in [0.15, 0.2) is 24.3 Å². The van der Waals surface area contributed by atoms with Crippen LogP contribution in [-0.2, 0) is 4.79 Å². The van der Waals surface area contributed by atoms with Crippen molar-refractivity contribution in [2.45, 2.75) is 25.2 Å². The first-order chi connectivity index (χ1) is 8.08. The van der Waals surface area contributed by atoms with Crippen molar-refractivity contribution in [2.75, 3.05) is 0 Å². The summed E-state index contributed by atoms with van der Waals surface area (Å²) in [4.78, 5) is 21.0. The molecular formula is C12H13NO4. The molecule has 1 unspecified atom stereocenters. The Labute approximate surface area is 98.2 Å². The quantitative estimate of drug-likeness (QED) is 0.628. The van der Waals surface area contributed by atoms with E-state index in [9.17, 15) is 14.9 Å². The van der Waals surface area contributed by atoms with Crippen molar-refractivity contribution >= 4 is 11.7 Å². The monoisotopic (exact) mass is 235 g/mol. The summed E-state index contributed by atoms with van der Waals surface area (Å²) in [6.45, 7) is 0. The summed E-state index contributed by atoms with van der Waals surface area (Å²) in [6, 6.07) is 6.31. The lowest BCUT2D eigenvalue weighted by atomic mass is 9.91. The van der Waals surface area contributed by atoms with Gasteiger partial charge in [-0.2, -0.15) is 0 Å². The van der Waals surface area contributed by atoms with Crippen molar-refractivity contribution in [1.29, 1.82) is 0 Å². The fraction of sp³-hybridized carbons (Fsp3) is 0.417. The van der Waals surface area contributed by atoms with E-state index < -0.39 is 10.9 Å². The summed E-state index contributed by atoms with van der Waals surface area (Å²) in [5, 5.41) is 19.5. The Bertz CT molecular complexity index is 454. The van der Waals surface area contributed by atoms with Gasteiger partial charge in [-0.3, -0.25) is 14.9 Å². The van der Waals surface area contributed by atoms with E-state index in [1.54, 1.807) is 12.1 Å². The van der Waals surface area contributed by atoms with Crippen LogP contribution in [0, 0.1) is 16.0 Å².